The lowest BCUT2D eigenvalue weighted by Crippen LogP contribution is -2.10. The summed E-state index contributed by atoms with van der Waals surface area (Å²) in [6, 6.07) is 5.54. The summed E-state index contributed by atoms with van der Waals surface area (Å²) in [5.74, 6) is 0.490. The van der Waals surface area contributed by atoms with Crippen LogP contribution in [0.15, 0.2) is 27.8 Å². The second-order valence-electron chi connectivity index (χ2n) is 4.67. The monoisotopic (exact) mass is 377 g/mol. The molecule has 1 aromatic carbocycles. The highest BCUT2D eigenvalue weighted by Gasteiger charge is 2.25. The van der Waals surface area contributed by atoms with E-state index in [1.165, 1.54) is 4.57 Å². The maximum atomic E-state index is 11.6. The van der Waals surface area contributed by atoms with Crippen LogP contribution in [0, 0.1) is 6.92 Å². The Kier molecular flexibility index (Phi) is 4.22. The van der Waals surface area contributed by atoms with Gasteiger partial charge in [-0.05, 0) is 44.5 Å². The van der Waals surface area contributed by atoms with Crippen molar-refractivity contribution in [1.29, 1.82) is 0 Å². The smallest absolute Gasteiger partial charge is 0.294 e. The van der Waals surface area contributed by atoms with Crippen molar-refractivity contribution < 1.29 is 8.42 Å². The second kappa shape index (κ2) is 5.46. The van der Waals surface area contributed by atoms with Crippen LogP contribution in [0.4, 0.5) is 0 Å². The number of hydrogen-bond donors (Lipinski definition) is 0. The minimum absolute atomic E-state index is 0.133. The number of benzene rings is 1. The molecular formula is C12H13BrClN3O2S. The van der Waals surface area contributed by atoms with E-state index in [1.807, 2.05) is 39.0 Å². The van der Waals surface area contributed by atoms with Gasteiger partial charge in [0.1, 0.15) is 0 Å². The van der Waals surface area contributed by atoms with Crippen molar-refractivity contribution in [2.24, 2.45) is 0 Å². The van der Waals surface area contributed by atoms with Crippen LogP contribution in [-0.2, 0) is 9.05 Å². The summed E-state index contributed by atoms with van der Waals surface area (Å²) in [6.45, 7) is 5.63. The zero-order valence-electron chi connectivity index (χ0n) is 11.1. The molecule has 0 radical (unpaired) electrons. The Morgan fingerprint density at radius 2 is 1.95 bits per heavy atom. The van der Waals surface area contributed by atoms with E-state index in [2.05, 4.69) is 26.1 Å². The van der Waals surface area contributed by atoms with Crippen molar-refractivity contribution >= 4 is 35.7 Å². The Bertz CT molecular complexity index is 756. The quantitative estimate of drug-likeness (QED) is 0.766. The van der Waals surface area contributed by atoms with Gasteiger partial charge < -0.3 is 0 Å². The number of halogens is 2. The van der Waals surface area contributed by atoms with Crippen LogP contribution in [0.3, 0.4) is 0 Å². The predicted molar refractivity (Wildman–Crippen MR) is 81.3 cm³/mol. The third-order valence-corrected chi connectivity index (χ3v) is 4.45. The molecule has 5 nitrogen and oxygen atoms in total. The van der Waals surface area contributed by atoms with Crippen molar-refractivity contribution in [3.8, 4) is 11.4 Å². The molecule has 108 valence electrons. The van der Waals surface area contributed by atoms with E-state index in [9.17, 15) is 8.42 Å². The number of rotatable bonds is 3. The van der Waals surface area contributed by atoms with Gasteiger partial charge in [0.25, 0.3) is 14.2 Å². The summed E-state index contributed by atoms with van der Waals surface area (Å²) in [6.07, 6.45) is 0. The molecule has 0 aliphatic rings. The van der Waals surface area contributed by atoms with Gasteiger partial charge in [0.15, 0.2) is 5.82 Å². The predicted octanol–water partition coefficient (Wildman–Crippen LogP) is 3.52. The first-order valence-corrected chi connectivity index (χ1v) is 8.98. The SMILES string of the molecule is Cc1cc(Br)ccc1-c1nnc(S(=O)(=O)Cl)n1C(C)C. The lowest BCUT2D eigenvalue weighted by atomic mass is 10.1. The van der Waals surface area contributed by atoms with Crippen LogP contribution in [0.5, 0.6) is 0 Å². The molecule has 0 amide bonds. The van der Waals surface area contributed by atoms with Crippen LogP contribution < -0.4 is 0 Å². The van der Waals surface area contributed by atoms with Gasteiger partial charge in [-0.25, -0.2) is 8.42 Å². The van der Waals surface area contributed by atoms with E-state index in [4.69, 9.17) is 10.7 Å². The fourth-order valence-corrected chi connectivity index (χ4v) is 3.43. The maximum Gasteiger partial charge on any atom is 0.296 e. The standard InChI is InChI=1S/C12H13BrClN3O2S/c1-7(2)17-11(15-16-12(17)20(14,18)19)10-5-4-9(13)6-8(10)3/h4-7H,1-3H3. The maximum absolute atomic E-state index is 11.6. The third-order valence-electron chi connectivity index (χ3n) is 2.83. The van der Waals surface area contributed by atoms with Gasteiger partial charge in [0.2, 0.25) is 0 Å². The lowest BCUT2D eigenvalue weighted by molar-refractivity contribution is 0.530. The van der Waals surface area contributed by atoms with Crippen molar-refractivity contribution in [2.75, 3.05) is 0 Å². The summed E-state index contributed by atoms with van der Waals surface area (Å²) >= 11 is 3.39. The number of hydrogen-bond acceptors (Lipinski definition) is 4. The van der Waals surface area contributed by atoms with Gasteiger partial charge in [-0.1, -0.05) is 15.9 Å². The van der Waals surface area contributed by atoms with Gasteiger partial charge in [-0.15, -0.1) is 10.2 Å². The van der Waals surface area contributed by atoms with Crippen LogP contribution >= 0.6 is 26.6 Å². The molecule has 20 heavy (non-hydrogen) atoms. The fraction of sp³-hybridized carbons (Fsp3) is 0.333. The normalized spacial score (nSPS) is 12.1. The number of nitrogens with zero attached hydrogens (tertiary/aromatic N) is 3. The highest BCUT2D eigenvalue weighted by atomic mass is 79.9. The van der Waals surface area contributed by atoms with Gasteiger partial charge in [0.05, 0.1) is 0 Å². The van der Waals surface area contributed by atoms with Crippen LogP contribution in [-0.4, -0.2) is 23.2 Å². The molecule has 0 N–H and O–H groups in total. The molecule has 1 heterocycles. The van der Waals surface area contributed by atoms with E-state index in [1.54, 1.807) is 0 Å². The van der Waals surface area contributed by atoms with Gasteiger partial charge >= 0.3 is 0 Å². The first-order valence-electron chi connectivity index (χ1n) is 5.88. The molecule has 2 rings (SSSR count). The molecule has 0 atom stereocenters. The summed E-state index contributed by atoms with van der Waals surface area (Å²) in [5, 5.41) is 7.50. The van der Waals surface area contributed by atoms with E-state index >= 15 is 0 Å². The van der Waals surface area contributed by atoms with Crippen LogP contribution in [0.25, 0.3) is 11.4 Å². The molecule has 0 aliphatic heterocycles. The molecule has 0 fully saturated rings. The van der Waals surface area contributed by atoms with Gasteiger partial charge in [-0.2, -0.15) is 0 Å². The Balaban J connectivity index is 2.73. The minimum atomic E-state index is -3.93. The Morgan fingerprint density at radius 1 is 1.30 bits per heavy atom. The summed E-state index contributed by atoms with van der Waals surface area (Å²) in [7, 11) is 1.48. The summed E-state index contributed by atoms with van der Waals surface area (Å²) in [4.78, 5) is 0. The Hall–Kier alpha value is -0.920. The van der Waals surface area contributed by atoms with Crippen molar-refractivity contribution in [1.82, 2.24) is 14.8 Å². The molecule has 0 bridgehead atoms. The summed E-state index contributed by atoms with van der Waals surface area (Å²) in [5.41, 5.74) is 1.79. The van der Waals surface area contributed by atoms with Gasteiger partial charge in [0, 0.05) is 26.8 Å². The summed E-state index contributed by atoms with van der Waals surface area (Å²) < 4.78 is 25.6. The average Bonchev–Trinajstić information content (AvgIpc) is 2.72. The van der Waals surface area contributed by atoms with Crippen molar-refractivity contribution in [3.63, 3.8) is 0 Å². The second-order valence-corrected chi connectivity index (χ2v) is 8.04. The molecule has 8 heteroatoms. The average molecular weight is 379 g/mol. The minimum Gasteiger partial charge on any atom is -0.294 e. The van der Waals surface area contributed by atoms with Crippen LogP contribution in [0.2, 0.25) is 0 Å². The zero-order valence-corrected chi connectivity index (χ0v) is 14.3. The molecule has 2 aromatic rings. The van der Waals surface area contributed by atoms with Crippen molar-refractivity contribution in [3.05, 3.63) is 28.2 Å². The molecule has 0 saturated carbocycles. The highest BCUT2D eigenvalue weighted by Crippen LogP contribution is 2.29. The molecule has 0 unspecified atom stereocenters. The molecular weight excluding hydrogens is 366 g/mol. The van der Waals surface area contributed by atoms with E-state index in [-0.39, 0.29) is 11.2 Å². The van der Waals surface area contributed by atoms with E-state index in [0.717, 1.165) is 15.6 Å². The topological polar surface area (TPSA) is 64.8 Å². The number of aryl methyl sites for hydroxylation is 1. The largest absolute Gasteiger partial charge is 0.296 e. The Labute approximate surface area is 130 Å². The van der Waals surface area contributed by atoms with Gasteiger partial charge in [-0.3, -0.25) is 4.57 Å². The molecule has 0 saturated heterocycles. The van der Waals surface area contributed by atoms with E-state index in [0.29, 0.717) is 5.82 Å². The highest BCUT2D eigenvalue weighted by molar-refractivity contribution is 9.10. The zero-order chi connectivity index (χ0) is 15.1. The molecule has 0 spiro atoms. The lowest BCUT2D eigenvalue weighted by Gasteiger charge is -2.14. The third kappa shape index (κ3) is 2.89. The molecule has 1 aromatic heterocycles. The first-order chi connectivity index (χ1) is 9.21. The first kappa shape index (κ1) is 15.5. The Morgan fingerprint density at radius 3 is 2.45 bits per heavy atom. The molecule has 0 aliphatic carbocycles. The van der Waals surface area contributed by atoms with Crippen molar-refractivity contribution in [2.45, 2.75) is 32.0 Å². The number of aromatic nitrogens is 3. The van der Waals surface area contributed by atoms with E-state index < -0.39 is 9.05 Å². The fourth-order valence-electron chi connectivity index (χ4n) is 1.97. The van der Waals surface area contributed by atoms with Crippen LogP contribution in [0.1, 0.15) is 25.5 Å².